The van der Waals surface area contributed by atoms with Gasteiger partial charge in [0.05, 0.1) is 12.2 Å². The highest BCUT2D eigenvalue weighted by atomic mass is 16.5. The molecule has 1 atom stereocenters. The van der Waals surface area contributed by atoms with E-state index in [9.17, 15) is 0 Å². The van der Waals surface area contributed by atoms with E-state index in [-0.39, 0.29) is 0 Å². The second-order valence-electron chi connectivity index (χ2n) is 7.08. The number of aryl methyl sites for hydroxylation is 2. The molecule has 1 unspecified atom stereocenters. The summed E-state index contributed by atoms with van der Waals surface area (Å²) in [6.07, 6.45) is 4.77. The number of piperidine rings is 1. The molecule has 1 aliphatic carbocycles. The lowest BCUT2D eigenvalue weighted by Gasteiger charge is -2.32. The van der Waals surface area contributed by atoms with Crippen molar-refractivity contribution in [1.82, 2.24) is 25.5 Å². The molecule has 24 heavy (non-hydrogen) atoms. The molecule has 1 aliphatic heterocycles. The molecular weight excluding hydrogens is 306 g/mol. The number of rotatable bonds is 6. The highest BCUT2D eigenvalue weighted by Gasteiger charge is 2.30. The summed E-state index contributed by atoms with van der Waals surface area (Å²) in [6, 6.07) is 0.474. The Morgan fingerprint density at radius 3 is 2.79 bits per heavy atom. The smallest absolute Gasteiger partial charge is 0.229 e. The molecule has 130 valence electrons. The van der Waals surface area contributed by atoms with Crippen LogP contribution in [-0.2, 0) is 13.1 Å². The van der Waals surface area contributed by atoms with E-state index in [4.69, 9.17) is 9.05 Å². The number of likely N-dealkylation sites (tertiary alicyclic amines) is 1. The summed E-state index contributed by atoms with van der Waals surface area (Å²) in [7, 11) is 0. The second-order valence-corrected chi connectivity index (χ2v) is 7.08. The van der Waals surface area contributed by atoms with Crippen molar-refractivity contribution in [2.24, 2.45) is 0 Å². The Morgan fingerprint density at radius 2 is 2.04 bits per heavy atom. The van der Waals surface area contributed by atoms with Crippen molar-refractivity contribution in [1.29, 1.82) is 0 Å². The Balaban J connectivity index is 1.30. The summed E-state index contributed by atoms with van der Waals surface area (Å²) < 4.78 is 10.6. The molecule has 0 aromatic carbocycles. The highest BCUT2D eigenvalue weighted by molar-refractivity contribution is 5.20. The normalized spacial score (nSPS) is 22.2. The molecule has 2 aromatic heterocycles. The Labute approximate surface area is 141 Å². The number of hydrogen-bond acceptors (Lipinski definition) is 7. The standard InChI is InChI=1S/C17H25N5O2/c1-11-15(12(2)23-20-11)8-18-14-4-3-7-22(9-14)10-16-19-17(24-21-16)13-5-6-13/h13-14,18H,3-10H2,1-2H3. The molecular formula is C17H25N5O2. The van der Waals surface area contributed by atoms with Crippen molar-refractivity contribution in [2.75, 3.05) is 13.1 Å². The lowest BCUT2D eigenvalue weighted by molar-refractivity contribution is 0.177. The summed E-state index contributed by atoms with van der Waals surface area (Å²) in [5, 5.41) is 11.8. The second kappa shape index (κ2) is 6.64. The first-order valence-electron chi connectivity index (χ1n) is 8.89. The molecule has 1 N–H and O–H groups in total. The maximum atomic E-state index is 5.36. The number of nitrogens with zero attached hydrogens (tertiary/aromatic N) is 4. The molecule has 0 radical (unpaired) electrons. The third-order valence-corrected chi connectivity index (χ3v) is 5.03. The first-order valence-corrected chi connectivity index (χ1v) is 8.89. The summed E-state index contributed by atoms with van der Waals surface area (Å²) in [5.74, 6) is 3.09. The van der Waals surface area contributed by atoms with Crippen LogP contribution in [0.15, 0.2) is 9.05 Å². The van der Waals surface area contributed by atoms with E-state index in [1.807, 2.05) is 13.8 Å². The van der Waals surface area contributed by atoms with Crippen LogP contribution in [0.4, 0.5) is 0 Å². The fraction of sp³-hybridized carbons (Fsp3) is 0.706. The topological polar surface area (TPSA) is 80.2 Å². The van der Waals surface area contributed by atoms with Crippen LogP contribution in [0.5, 0.6) is 0 Å². The zero-order valence-electron chi connectivity index (χ0n) is 14.4. The van der Waals surface area contributed by atoms with Crippen LogP contribution < -0.4 is 5.32 Å². The molecule has 0 amide bonds. The Bertz CT molecular complexity index is 671. The van der Waals surface area contributed by atoms with E-state index in [0.717, 1.165) is 49.3 Å². The van der Waals surface area contributed by atoms with Gasteiger partial charge in [-0.25, -0.2) is 0 Å². The number of nitrogens with one attached hydrogen (secondary N) is 1. The van der Waals surface area contributed by atoms with Gasteiger partial charge in [0, 0.05) is 30.6 Å². The summed E-state index contributed by atoms with van der Waals surface area (Å²) in [5.41, 5.74) is 2.16. The van der Waals surface area contributed by atoms with Gasteiger partial charge in [-0.3, -0.25) is 4.90 Å². The van der Waals surface area contributed by atoms with Crippen molar-refractivity contribution in [3.63, 3.8) is 0 Å². The maximum Gasteiger partial charge on any atom is 0.229 e. The van der Waals surface area contributed by atoms with Gasteiger partial charge in [-0.05, 0) is 46.1 Å². The van der Waals surface area contributed by atoms with E-state index in [1.54, 1.807) is 0 Å². The van der Waals surface area contributed by atoms with Crippen LogP contribution in [-0.4, -0.2) is 39.3 Å². The average molecular weight is 331 g/mol. The number of hydrogen-bond donors (Lipinski definition) is 1. The number of aromatic nitrogens is 3. The third-order valence-electron chi connectivity index (χ3n) is 5.03. The zero-order valence-corrected chi connectivity index (χ0v) is 14.4. The minimum absolute atomic E-state index is 0.474. The van der Waals surface area contributed by atoms with Gasteiger partial charge in [0.25, 0.3) is 0 Å². The molecule has 1 saturated carbocycles. The van der Waals surface area contributed by atoms with Crippen molar-refractivity contribution >= 4 is 0 Å². The van der Waals surface area contributed by atoms with Crippen LogP contribution in [0, 0.1) is 13.8 Å². The van der Waals surface area contributed by atoms with Gasteiger partial charge in [0.2, 0.25) is 5.89 Å². The Kier molecular flexibility index (Phi) is 4.37. The SMILES string of the molecule is Cc1noc(C)c1CNC1CCCN(Cc2noc(C3CC3)n2)C1. The molecule has 0 bridgehead atoms. The fourth-order valence-corrected chi connectivity index (χ4v) is 3.39. The van der Waals surface area contributed by atoms with Gasteiger partial charge in [-0.15, -0.1) is 0 Å². The van der Waals surface area contributed by atoms with Crippen molar-refractivity contribution in [3.05, 3.63) is 28.7 Å². The first kappa shape index (κ1) is 15.8. The van der Waals surface area contributed by atoms with Crippen LogP contribution >= 0.6 is 0 Å². The van der Waals surface area contributed by atoms with Gasteiger partial charge in [-0.1, -0.05) is 10.3 Å². The quantitative estimate of drug-likeness (QED) is 0.870. The van der Waals surface area contributed by atoms with Gasteiger partial charge in [-0.2, -0.15) is 4.98 Å². The zero-order chi connectivity index (χ0) is 16.5. The van der Waals surface area contributed by atoms with Gasteiger partial charge in [0.15, 0.2) is 5.82 Å². The highest BCUT2D eigenvalue weighted by Crippen LogP contribution is 2.38. The molecule has 2 aromatic rings. The fourth-order valence-electron chi connectivity index (χ4n) is 3.39. The summed E-state index contributed by atoms with van der Waals surface area (Å²) >= 11 is 0. The first-order chi connectivity index (χ1) is 11.7. The molecule has 2 aliphatic rings. The predicted octanol–water partition coefficient (Wildman–Crippen LogP) is 2.31. The van der Waals surface area contributed by atoms with Crippen molar-refractivity contribution in [3.8, 4) is 0 Å². The molecule has 7 nitrogen and oxygen atoms in total. The maximum absolute atomic E-state index is 5.36. The third kappa shape index (κ3) is 3.52. The summed E-state index contributed by atoms with van der Waals surface area (Å²) in [4.78, 5) is 6.95. The van der Waals surface area contributed by atoms with Gasteiger partial charge >= 0.3 is 0 Å². The van der Waals surface area contributed by atoms with Crippen molar-refractivity contribution < 1.29 is 9.05 Å². The van der Waals surface area contributed by atoms with Crippen LogP contribution in [0.3, 0.4) is 0 Å². The monoisotopic (exact) mass is 331 g/mol. The minimum atomic E-state index is 0.474. The lowest BCUT2D eigenvalue weighted by Crippen LogP contribution is -2.45. The molecule has 0 spiro atoms. The lowest BCUT2D eigenvalue weighted by atomic mass is 10.0. The van der Waals surface area contributed by atoms with E-state index in [1.165, 1.54) is 31.2 Å². The van der Waals surface area contributed by atoms with E-state index in [2.05, 4.69) is 25.5 Å². The van der Waals surface area contributed by atoms with E-state index >= 15 is 0 Å². The van der Waals surface area contributed by atoms with Crippen LogP contribution in [0.1, 0.15) is 60.3 Å². The largest absolute Gasteiger partial charge is 0.361 e. The van der Waals surface area contributed by atoms with E-state index < -0.39 is 0 Å². The van der Waals surface area contributed by atoms with Crippen LogP contribution in [0.2, 0.25) is 0 Å². The molecule has 3 heterocycles. The molecule has 2 fully saturated rings. The Morgan fingerprint density at radius 1 is 1.17 bits per heavy atom. The summed E-state index contributed by atoms with van der Waals surface area (Å²) in [6.45, 7) is 7.66. The molecule has 4 rings (SSSR count). The minimum Gasteiger partial charge on any atom is -0.361 e. The van der Waals surface area contributed by atoms with Crippen molar-refractivity contribution in [2.45, 2.75) is 64.6 Å². The Hall–Kier alpha value is -1.73. The van der Waals surface area contributed by atoms with Gasteiger partial charge < -0.3 is 14.4 Å². The molecule has 7 heteroatoms. The predicted molar refractivity (Wildman–Crippen MR) is 87.4 cm³/mol. The van der Waals surface area contributed by atoms with E-state index in [0.29, 0.717) is 12.0 Å². The van der Waals surface area contributed by atoms with Crippen LogP contribution in [0.25, 0.3) is 0 Å². The average Bonchev–Trinajstić information content (AvgIpc) is 3.25. The molecule has 1 saturated heterocycles. The van der Waals surface area contributed by atoms with Gasteiger partial charge in [0.1, 0.15) is 5.76 Å².